The molecule has 0 radical (unpaired) electrons. The van der Waals surface area contributed by atoms with E-state index in [1.165, 1.54) is 40.9 Å². The van der Waals surface area contributed by atoms with Gasteiger partial charge in [0.05, 0.1) is 15.5 Å². The number of hydrogen-bond acceptors (Lipinski definition) is 7. The van der Waals surface area contributed by atoms with Crippen molar-refractivity contribution in [3.8, 4) is 16.0 Å². The number of nitrogens with zero attached hydrogens (tertiary/aromatic N) is 2. The molecule has 0 unspecified atom stereocenters. The van der Waals surface area contributed by atoms with Gasteiger partial charge in [0.2, 0.25) is 0 Å². The molecule has 0 bridgehead atoms. The number of halogens is 1. The Bertz CT molecular complexity index is 993. The van der Waals surface area contributed by atoms with Gasteiger partial charge in [-0.25, -0.2) is 9.78 Å². The minimum absolute atomic E-state index is 0.160. The van der Waals surface area contributed by atoms with E-state index in [2.05, 4.69) is 10.3 Å². The summed E-state index contributed by atoms with van der Waals surface area (Å²) >= 11 is 8.76. The normalized spacial score (nSPS) is 10.2. The summed E-state index contributed by atoms with van der Waals surface area (Å²) in [5, 5.41) is 15.8. The van der Waals surface area contributed by atoms with E-state index in [0.717, 1.165) is 9.88 Å². The zero-order valence-corrected chi connectivity index (χ0v) is 15.5. The number of hydrogen-bond donors (Lipinski definition) is 1. The molecular formula is C17H10ClN3O3S2. The molecule has 0 saturated carbocycles. The average Bonchev–Trinajstić information content (AvgIpc) is 3.31. The molecule has 130 valence electrons. The Kier molecular flexibility index (Phi) is 5.63. The Hall–Kier alpha value is -2.73. The lowest BCUT2D eigenvalue weighted by Gasteiger charge is -2.06. The van der Waals surface area contributed by atoms with E-state index in [0.29, 0.717) is 11.3 Å². The first-order chi connectivity index (χ1) is 12.6. The summed E-state index contributed by atoms with van der Waals surface area (Å²) < 4.78 is 4.98. The predicted molar refractivity (Wildman–Crippen MR) is 101 cm³/mol. The number of anilines is 1. The number of benzene rings is 1. The van der Waals surface area contributed by atoms with Gasteiger partial charge in [-0.2, -0.15) is 5.26 Å². The fourth-order valence-corrected chi connectivity index (χ4v) is 3.79. The number of esters is 1. The maximum atomic E-state index is 12.0. The van der Waals surface area contributed by atoms with Gasteiger partial charge in [-0.3, -0.25) is 4.79 Å². The number of carbonyl (C=O) groups is 2. The number of thiophene rings is 1. The Balaban J connectivity index is 1.55. The van der Waals surface area contributed by atoms with E-state index in [1.807, 2.05) is 23.6 Å². The Labute approximate surface area is 161 Å². The van der Waals surface area contributed by atoms with E-state index in [-0.39, 0.29) is 10.7 Å². The fraction of sp³-hybridized carbons (Fsp3) is 0.0588. The van der Waals surface area contributed by atoms with Crippen LogP contribution in [0.25, 0.3) is 9.88 Å². The van der Waals surface area contributed by atoms with Crippen molar-refractivity contribution in [2.45, 2.75) is 0 Å². The molecule has 1 N–H and O–H groups in total. The van der Waals surface area contributed by atoms with Crippen LogP contribution < -0.4 is 5.32 Å². The van der Waals surface area contributed by atoms with Gasteiger partial charge in [-0.05, 0) is 29.6 Å². The van der Waals surface area contributed by atoms with Crippen molar-refractivity contribution >= 4 is 51.8 Å². The van der Waals surface area contributed by atoms with Crippen LogP contribution in [0.5, 0.6) is 0 Å². The van der Waals surface area contributed by atoms with Crippen LogP contribution in [0.2, 0.25) is 5.02 Å². The molecular weight excluding hydrogens is 394 g/mol. The van der Waals surface area contributed by atoms with Gasteiger partial charge in [0.1, 0.15) is 11.1 Å². The van der Waals surface area contributed by atoms with E-state index < -0.39 is 18.5 Å². The van der Waals surface area contributed by atoms with Gasteiger partial charge in [0.25, 0.3) is 5.91 Å². The topological polar surface area (TPSA) is 92.1 Å². The standard InChI is InChI=1S/C17H10ClN3O3S2/c18-12-6-11(4-3-10(12)7-19)20-15(22)8-24-17(23)13-9-26-16(21-13)14-2-1-5-25-14/h1-6,9H,8H2,(H,20,22). The minimum Gasteiger partial charge on any atom is -0.451 e. The molecule has 3 rings (SSSR count). The Morgan fingerprint density at radius 2 is 2.15 bits per heavy atom. The largest absolute Gasteiger partial charge is 0.451 e. The zero-order valence-electron chi connectivity index (χ0n) is 13.1. The molecule has 0 fully saturated rings. The predicted octanol–water partition coefficient (Wildman–Crippen LogP) is 4.19. The molecule has 1 aromatic carbocycles. The fourth-order valence-electron chi connectivity index (χ4n) is 1.97. The molecule has 3 aromatic rings. The third kappa shape index (κ3) is 4.26. The first-order valence-corrected chi connectivity index (χ1v) is 9.36. The third-order valence-electron chi connectivity index (χ3n) is 3.15. The number of rotatable bonds is 5. The summed E-state index contributed by atoms with van der Waals surface area (Å²) in [6.45, 7) is -0.456. The molecule has 26 heavy (non-hydrogen) atoms. The second kappa shape index (κ2) is 8.10. The number of thiazole rings is 1. The monoisotopic (exact) mass is 403 g/mol. The van der Waals surface area contributed by atoms with Crippen molar-refractivity contribution in [3.63, 3.8) is 0 Å². The molecule has 0 spiro atoms. The van der Waals surface area contributed by atoms with Crippen LogP contribution in [0.4, 0.5) is 5.69 Å². The van der Waals surface area contributed by atoms with Gasteiger partial charge in [0, 0.05) is 11.1 Å². The highest BCUT2D eigenvalue weighted by Crippen LogP contribution is 2.28. The molecule has 0 aliphatic rings. The van der Waals surface area contributed by atoms with Gasteiger partial charge in [-0.15, -0.1) is 22.7 Å². The lowest BCUT2D eigenvalue weighted by molar-refractivity contribution is -0.119. The number of ether oxygens (including phenoxy) is 1. The van der Waals surface area contributed by atoms with Crippen LogP contribution in [-0.4, -0.2) is 23.5 Å². The lowest BCUT2D eigenvalue weighted by atomic mass is 10.2. The second-order valence-electron chi connectivity index (χ2n) is 4.95. The van der Waals surface area contributed by atoms with Crippen molar-refractivity contribution in [3.05, 3.63) is 57.4 Å². The summed E-state index contributed by atoms with van der Waals surface area (Å²) in [7, 11) is 0. The van der Waals surface area contributed by atoms with Crippen LogP contribution in [-0.2, 0) is 9.53 Å². The van der Waals surface area contributed by atoms with Gasteiger partial charge < -0.3 is 10.1 Å². The summed E-state index contributed by atoms with van der Waals surface area (Å²) in [6.07, 6.45) is 0. The number of nitriles is 1. The zero-order chi connectivity index (χ0) is 18.5. The second-order valence-corrected chi connectivity index (χ2v) is 7.16. The van der Waals surface area contributed by atoms with Crippen molar-refractivity contribution < 1.29 is 14.3 Å². The van der Waals surface area contributed by atoms with Crippen molar-refractivity contribution in [1.82, 2.24) is 4.98 Å². The highest BCUT2D eigenvalue weighted by Gasteiger charge is 2.15. The molecule has 0 atom stereocenters. The molecule has 0 aliphatic carbocycles. The molecule has 6 nitrogen and oxygen atoms in total. The third-order valence-corrected chi connectivity index (χ3v) is 5.35. The first-order valence-electron chi connectivity index (χ1n) is 7.23. The maximum absolute atomic E-state index is 12.0. The summed E-state index contributed by atoms with van der Waals surface area (Å²) in [6, 6.07) is 10.2. The van der Waals surface area contributed by atoms with Crippen molar-refractivity contribution in [1.29, 1.82) is 5.26 Å². The van der Waals surface area contributed by atoms with Crippen LogP contribution in [0.1, 0.15) is 16.1 Å². The molecule has 2 aromatic heterocycles. The average molecular weight is 404 g/mol. The Morgan fingerprint density at radius 1 is 1.31 bits per heavy atom. The SMILES string of the molecule is N#Cc1ccc(NC(=O)COC(=O)c2csc(-c3cccs3)n2)cc1Cl. The minimum atomic E-state index is -0.669. The van der Waals surface area contributed by atoms with E-state index in [1.54, 1.807) is 5.38 Å². The Morgan fingerprint density at radius 3 is 2.85 bits per heavy atom. The number of carbonyl (C=O) groups excluding carboxylic acids is 2. The van der Waals surface area contributed by atoms with Crippen LogP contribution in [0, 0.1) is 11.3 Å². The first kappa shape index (κ1) is 18.1. The van der Waals surface area contributed by atoms with Crippen molar-refractivity contribution in [2.24, 2.45) is 0 Å². The number of amides is 1. The highest BCUT2D eigenvalue weighted by atomic mass is 35.5. The smallest absolute Gasteiger partial charge is 0.358 e. The lowest BCUT2D eigenvalue weighted by Crippen LogP contribution is -2.21. The van der Waals surface area contributed by atoms with E-state index in [9.17, 15) is 9.59 Å². The van der Waals surface area contributed by atoms with E-state index >= 15 is 0 Å². The maximum Gasteiger partial charge on any atom is 0.358 e. The van der Waals surface area contributed by atoms with E-state index in [4.69, 9.17) is 21.6 Å². The molecule has 9 heteroatoms. The quantitative estimate of drug-likeness (QED) is 0.645. The number of aromatic nitrogens is 1. The summed E-state index contributed by atoms with van der Waals surface area (Å²) in [4.78, 5) is 29.1. The molecule has 1 amide bonds. The van der Waals surface area contributed by atoms with Crippen molar-refractivity contribution in [2.75, 3.05) is 11.9 Å². The van der Waals surface area contributed by atoms with Gasteiger partial charge in [0.15, 0.2) is 12.3 Å². The highest BCUT2D eigenvalue weighted by molar-refractivity contribution is 7.20. The van der Waals surface area contributed by atoms with Crippen LogP contribution >= 0.6 is 34.3 Å². The number of nitrogens with one attached hydrogen (secondary N) is 1. The van der Waals surface area contributed by atoms with Crippen LogP contribution in [0.3, 0.4) is 0 Å². The van der Waals surface area contributed by atoms with Crippen LogP contribution in [0.15, 0.2) is 41.1 Å². The van der Waals surface area contributed by atoms with Gasteiger partial charge in [-0.1, -0.05) is 17.7 Å². The van der Waals surface area contributed by atoms with Gasteiger partial charge >= 0.3 is 5.97 Å². The molecule has 0 saturated heterocycles. The summed E-state index contributed by atoms with van der Waals surface area (Å²) in [5.41, 5.74) is 0.873. The molecule has 2 heterocycles. The summed E-state index contributed by atoms with van der Waals surface area (Å²) in [5.74, 6) is -1.19. The molecule has 0 aliphatic heterocycles.